The first-order valence-electron chi connectivity index (χ1n) is 11.7. The Bertz CT molecular complexity index is 1510. The molecule has 1 unspecified atom stereocenters. The molecule has 0 aliphatic carbocycles. The largest absolute Gasteiger partial charge is 0.507 e. The van der Waals surface area contributed by atoms with Gasteiger partial charge in [0.1, 0.15) is 11.5 Å². The highest BCUT2D eigenvalue weighted by atomic mass is 32.1. The summed E-state index contributed by atoms with van der Waals surface area (Å²) in [4.78, 5) is 37.1. The third-order valence-electron chi connectivity index (χ3n) is 6.05. The summed E-state index contributed by atoms with van der Waals surface area (Å²) in [6, 6.07) is 13.6. The van der Waals surface area contributed by atoms with Crippen molar-refractivity contribution in [2.75, 3.05) is 11.5 Å². The molecule has 1 aliphatic heterocycles. The minimum Gasteiger partial charge on any atom is -0.507 e. The van der Waals surface area contributed by atoms with Crippen molar-refractivity contribution >= 4 is 44.1 Å². The van der Waals surface area contributed by atoms with Crippen LogP contribution in [0.1, 0.15) is 41.6 Å². The molecule has 2 aromatic carbocycles. The van der Waals surface area contributed by atoms with Gasteiger partial charge < -0.3 is 9.84 Å². The number of rotatable bonds is 6. The third-order valence-corrected chi connectivity index (χ3v) is 7.05. The fourth-order valence-electron chi connectivity index (χ4n) is 4.45. The van der Waals surface area contributed by atoms with Crippen LogP contribution in [-0.2, 0) is 9.59 Å². The van der Waals surface area contributed by atoms with Gasteiger partial charge in [-0.1, -0.05) is 42.5 Å². The number of thiazole rings is 1. The average Bonchev–Trinajstić information content (AvgIpc) is 3.41. The number of nitrogens with zero attached hydrogens (tertiary/aromatic N) is 3. The summed E-state index contributed by atoms with van der Waals surface area (Å²) in [6.45, 7) is 6.51. The number of aliphatic hydroxyl groups excluding tert-OH is 1. The Morgan fingerprint density at radius 2 is 1.97 bits per heavy atom. The van der Waals surface area contributed by atoms with Crippen molar-refractivity contribution in [2.24, 2.45) is 0 Å². The lowest BCUT2D eigenvalue weighted by atomic mass is 9.96. The van der Waals surface area contributed by atoms with E-state index >= 15 is 0 Å². The Morgan fingerprint density at radius 3 is 2.72 bits per heavy atom. The molecule has 1 fully saturated rings. The molecular formula is C28H25N3O4S. The second-order valence-electron chi connectivity index (χ2n) is 8.76. The van der Waals surface area contributed by atoms with Gasteiger partial charge in [0.15, 0.2) is 5.13 Å². The number of carbonyl (C=O) groups excluding carboxylic acids is 2. The average molecular weight is 500 g/mol. The van der Waals surface area contributed by atoms with E-state index in [-0.39, 0.29) is 11.3 Å². The summed E-state index contributed by atoms with van der Waals surface area (Å²) >= 11 is 1.35. The number of ketones is 1. The number of hydrogen-bond acceptors (Lipinski definition) is 7. The SMILES string of the molecule is CCCOc1cccc(C(O)=C2C(=O)C(=O)N(c3nc4c(C)cc(C)cc4s3)C2c2cccnc2)c1. The van der Waals surface area contributed by atoms with E-state index in [0.717, 1.165) is 27.8 Å². The molecule has 0 saturated carbocycles. The van der Waals surface area contributed by atoms with E-state index in [2.05, 4.69) is 4.98 Å². The molecule has 1 aliphatic rings. The zero-order chi connectivity index (χ0) is 25.4. The predicted molar refractivity (Wildman–Crippen MR) is 140 cm³/mol. The molecule has 0 bridgehead atoms. The van der Waals surface area contributed by atoms with Gasteiger partial charge in [0.25, 0.3) is 5.78 Å². The van der Waals surface area contributed by atoms with Crippen LogP contribution < -0.4 is 9.64 Å². The van der Waals surface area contributed by atoms with Crippen molar-refractivity contribution in [2.45, 2.75) is 33.2 Å². The molecule has 182 valence electrons. The van der Waals surface area contributed by atoms with Gasteiger partial charge in [0.2, 0.25) is 0 Å². The van der Waals surface area contributed by atoms with Crippen molar-refractivity contribution in [3.63, 3.8) is 0 Å². The summed E-state index contributed by atoms with van der Waals surface area (Å²) in [5, 5.41) is 11.8. The van der Waals surface area contributed by atoms with Crippen molar-refractivity contribution < 1.29 is 19.4 Å². The van der Waals surface area contributed by atoms with E-state index in [1.54, 1.807) is 48.8 Å². The Morgan fingerprint density at radius 1 is 1.14 bits per heavy atom. The number of hydrogen-bond donors (Lipinski definition) is 1. The molecule has 2 aromatic heterocycles. The van der Waals surface area contributed by atoms with Gasteiger partial charge >= 0.3 is 5.91 Å². The summed E-state index contributed by atoms with van der Waals surface area (Å²) < 4.78 is 6.62. The van der Waals surface area contributed by atoms with Crippen LogP contribution in [0.5, 0.6) is 5.75 Å². The van der Waals surface area contributed by atoms with E-state index in [4.69, 9.17) is 9.72 Å². The maximum absolute atomic E-state index is 13.4. The molecule has 7 nitrogen and oxygen atoms in total. The van der Waals surface area contributed by atoms with E-state index in [1.165, 1.54) is 16.2 Å². The molecule has 3 heterocycles. The number of ether oxygens (including phenoxy) is 1. The van der Waals surface area contributed by atoms with Crippen molar-refractivity contribution in [1.82, 2.24) is 9.97 Å². The molecular weight excluding hydrogens is 474 g/mol. The molecule has 1 amide bonds. The molecule has 36 heavy (non-hydrogen) atoms. The lowest BCUT2D eigenvalue weighted by Gasteiger charge is -2.22. The standard InChI is InChI=1S/C28H25N3O4S/c1-4-11-35-20-9-5-7-18(14-20)25(32)22-24(19-8-6-10-29-15-19)31(27(34)26(22)33)28-30-23-17(3)12-16(2)13-21(23)36-28/h5-10,12-15,24,32H,4,11H2,1-3H3. The van der Waals surface area contributed by atoms with E-state index in [0.29, 0.717) is 28.6 Å². The number of pyridine rings is 1. The van der Waals surface area contributed by atoms with Crippen molar-refractivity contribution in [3.8, 4) is 5.75 Å². The lowest BCUT2D eigenvalue weighted by Crippen LogP contribution is -2.29. The van der Waals surface area contributed by atoms with Crippen molar-refractivity contribution in [1.29, 1.82) is 0 Å². The predicted octanol–water partition coefficient (Wildman–Crippen LogP) is 5.72. The van der Waals surface area contributed by atoms with Gasteiger partial charge in [-0.15, -0.1) is 0 Å². The first kappa shape index (κ1) is 23.7. The molecule has 5 rings (SSSR count). The number of aliphatic hydroxyl groups is 1. The first-order valence-corrected chi connectivity index (χ1v) is 12.5. The fraction of sp³-hybridized carbons (Fsp3) is 0.214. The Balaban J connectivity index is 1.68. The second kappa shape index (κ2) is 9.54. The normalized spacial score (nSPS) is 17.2. The van der Waals surface area contributed by atoms with Crippen LogP contribution in [0.15, 0.2) is 66.5 Å². The molecule has 1 N–H and O–H groups in total. The summed E-state index contributed by atoms with van der Waals surface area (Å²) in [6.07, 6.45) is 4.05. The van der Waals surface area contributed by atoms with Crippen LogP contribution in [-0.4, -0.2) is 33.4 Å². The van der Waals surface area contributed by atoms with Crippen LogP contribution in [0.25, 0.3) is 16.0 Å². The van der Waals surface area contributed by atoms with Crippen molar-refractivity contribution in [3.05, 3.63) is 88.8 Å². The number of anilines is 1. The Kier molecular flexibility index (Phi) is 6.28. The smallest absolute Gasteiger partial charge is 0.301 e. The van der Waals surface area contributed by atoms with Crippen LogP contribution in [0.2, 0.25) is 0 Å². The van der Waals surface area contributed by atoms with Crippen LogP contribution in [0, 0.1) is 13.8 Å². The van der Waals surface area contributed by atoms with E-state index < -0.39 is 17.7 Å². The lowest BCUT2D eigenvalue weighted by molar-refractivity contribution is -0.132. The van der Waals surface area contributed by atoms with Gasteiger partial charge in [0, 0.05) is 18.0 Å². The number of Topliss-reactive ketones (excluding diaryl/α,β-unsaturated/α-hetero) is 1. The summed E-state index contributed by atoms with van der Waals surface area (Å²) in [5.74, 6) is -1.20. The topological polar surface area (TPSA) is 92.6 Å². The second-order valence-corrected chi connectivity index (χ2v) is 9.77. The highest BCUT2D eigenvalue weighted by Gasteiger charge is 2.48. The zero-order valence-electron chi connectivity index (χ0n) is 20.2. The maximum Gasteiger partial charge on any atom is 0.301 e. The van der Waals surface area contributed by atoms with Gasteiger partial charge in [-0.3, -0.25) is 19.5 Å². The Labute approximate surface area is 212 Å². The fourth-order valence-corrected chi connectivity index (χ4v) is 5.62. The number of fused-ring (bicyclic) bond motifs is 1. The van der Waals surface area contributed by atoms with E-state index in [1.807, 2.05) is 32.9 Å². The van der Waals surface area contributed by atoms with Gasteiger partial charge in [-0.25, -0.2) is 4.98 Å². The van der Waals surface area contributed by atoms with Crippen LogP contribution in [0.4, 0.5) is 5.13 Å². The molecule has 0 radical (unpaired) electrons. The minimum absolute atomic E-state index is 0.00667. The molecule has 8 heteroatoms. The number of carbonyl (C=O) groups is 2. The number of aryl methyl sites for hydroxylation is 2. The number of aromatic nitrogens is 2. The summed E-state index contributed by atoms with van der Waals surface area (Å²) in [5.41, 5.74) is 3.85. The minimum atomic E-state index is -0.874. The van der Waals surface area contributed by atoms with Gasteiger partial charge in [-0.2, -0.15) is 0 Å². The molecule has 1 saturated heterocycles. The highest BCUT2D eigenvalue weighted by Crippen LogP contribution is 2.44. The third kappa shape index (κ3) is 4.13. The zero-order valence-corrected chi connectivity index (χ0v) is 21.0. The van der Waals surface area contributed by atoms with Gasteiger partial charge in [-0.05, 0) is 61.2 Å². The molecule has 1 atom stereocenters. The Hall–Kier alpha value is -4.04. The summed E-state index contributed by atoms with van der Waals surface area (Å²) in [7, 11) is 0. The number of benzene rings is 2. The number of amides is 1. The quantitative estimate of drug-likeness (QED) is 0.207. The monoisotopic (exact) mass is 499 g/mol. The maximum atomic E-state index is 13.4. The van der Waals surface area contributed by atoms with E-state index in [9.17, 15) is 14.7 Å². The van der Waals surface area contributed by atoms with Crippen LogP contribution >= 0.6 is 11.3 Å². The highest BCUT2D eigenvalue weighted by molar-refractivity contribution is 7.22. The first-order chi connectivity index (χ1) is 17.4. The van der Waals surface area contributed by atoms with Crippen LogP contribution in [0.3, 0.4) is 0 Å². The molecule has 4 aromatic rings. The van der Waals surface area contributed by atoms with Gasteiger partial charge in [0.05, 0.1) is 28.4 Å². The molecule has 0 spiro atoms.